The second kappa shape index (κ2) is 10.1. The number of hydrogen-bond acceptors (Lipinski definition) is 6. The van der Waals surface area contributed by atoms with E-state index >= 15 is 0 Å². The van der Waals surface area contributed by atoms with Crippen LogP contribution in [-0.2, 0) is 19.7 Å². The summed E-state index contributed by atoms with van der Waals surface area (Å²) in [5.41, 5.74) is -0.176. The molecule has 2 saturated heterocycles. The summed E-state index contributed by atoms with van der Waals surface area (Å²) < 4.78 is 40.4. The second-order valence-corrected chi connectivity index (χ2v) is 12.3. The summed E-state index contributed by atoms with van der Waals surface area (Å²) in [5.74, 6) is -0.523. The van der Waals surface area contributed by atoms with E-state index in [-0.39, 0.29) is 23.9 Å². The number of piperazine rings is 1. The number of rotatable bonds is 4. The van der Waals surface area contributed by atoms with Gasteiger partial charge in [-0.1, -0.05) is 30.8 Å². The number of oxime groups is 1. The van der Waals surface area contributed by atoms with Crippen molar-refractivity contribution < 1.29 is 22.4 Å². The lowest BCUT2D eigenvalue weighted by Gasteiger charge is -2.39. The van der Waals surface area contributed by atoms with E-state index in [1.54, 1.807) is 0 Å². The molecule has 8 nitrogen and oxygen atoms in total. The van der Waals surface area contributed by atoms with Gasteiger partial charge in [0, 0.05) is 64.6 Å². The molecule has 35 heavy (non-hydrogen) atoms. The highest BCUT2D eigenvalue weighted by atomic mass is 32.2. The maximum atomic E-state index is 13.2. The summed E-state index contributed by atoms with van der Waals surface area (Å²) in [7, 11) is -3.70. The molecular weight excluding hydrogens is 471 g/mol. The Labute approximate surface area is 207 Å². The maximum Gasteiger partial charge on any atom is 0.271 e. The fraction of sp³-hybridized carbons (Fsp3) is 0.680. The summed E-state index contributed by atoms with van der Waals surface area (Å²) in [4.78, 5) is 23.5. The molecule has 0 unspecified atom stereocenters. The van der Waals surface area contributed by atoms with Gasteiger partial charge < -0.3 is 9.74 Å². The Kier molecular flexibility index (Phi) is 7.14. The van der Waals surface area contributed by atoms with Crippen LogP contribution in [0.1, 0.15) is 57.8 Å². The molecule has 0 aromatic heterocycles. The highest BCUT2D eigenvalue weighted by molar-refractivity contribution is 7.89. The number of hydrogen-bond donors (Lipinski definition) is 0. The number of nitrogens with zero attached hydrogens (tertiary/aromatic N) is 4. The first-order chi connectivity index (χ1) is 16.9. The Hall–Kier alpha value is -2.04. The quantitative estimate of drug-likeness (QED) is 0.587. The molecule has 0 radical (unpaired) electrons. The van der Waals surface area contributed by atoms with Crippen LogP contribution in [0.4, 0.5) is 4.39 Å². The van der Waals surface area contributed by atoms with Gasteiger partial charge in [0.05, 0.1) is 4.90 Å². The predicted octanol–water partition coefficient (Wildman–Crippen LogP) is 2.99. The fourth-order valence-corrected chi connectivity index (χ4v) is 7.33. The van der Waals surface area contributed by atoms with Crippen LogP contribution in [0.5, 0.6) is 0 Å². The minimum atomic E-state index is -3.70. The van der Waals surface area contributed by atoms with Crippen molar-refractivity contribution in [1.29, 1.82) is 0 Å². The first-order valence-electron chi connectivity index (χ1n) is 12.9. The molecule has 3 fully saturated rings. The van der Waals surface area contributed by atoms with Crippen molar-refractivity contribution in [3.8, 4) is 0 Å². The van der Waals surface area contributed by atoms with Crippen LogP contribution in [0.3, 0.4) is 0 Å². The lowest BCUT2D eigenvalue weighted by molar-refractivity contribution is -0.126. The first kappa shape index (κ1) is 24.6. The molecular formula is C25H35FN4O4S. The summed E-state index contributed by atoms with van der Waals surface area (Å²) in [6.45, 7) is 3.79. The molecule has 3 heterocycles. The summed E-state index contributed by atoms with van der Waals surface area (Å²) in [6, 6.07) is 5.54. The molecule has 10 heteroatoms. The van der Waals surface area contributed by atoms with Crippen molar-refractivity contribution in [2.45, 2.75) is 74.3 Å². The lowest BCUT2D eigenvalue weighted by atomic mass is 9.87. The summed E-state index contributed by atoms with van der Waals surface area (Å²) >= 11 is 0. The third-order valence-corrected chi connectivity index (χ3v) is 10.0. The molecule has 1 aromatic rings. The van der Waals surface area contributed by atoms with E-state index < -0.39 is 21.4 Å². The Morgan fingerprint density at radius 1 is 0.943 bits per heavy atom. The number of carbonyl (C=O) groups is 1. The van der Waals surface area contributed by atoms with Gasteiger partial charge in [0.25, 0.3) is 5.91 Å². The third kappa shape index (κ3) is 5.24. The van der Waals surface area contributed by atoms with Gasteiger partial charge in [-0.3, -0.25) is 9.69 Å². The lowest BCUT2D eigenvalue weighted by Crippen LogP contribution is -2.53. The summed E-state index contributed by atoms with van der Waals surface area (Å²) in [5, 5.41) is 4.17. The van der Waals surface area contributed by atoms with Crippen molar-refractivity contribution in [2.75, 3.05) is 39.3 Å². The SMILES string of the molecule is O=C(C1=NOC2(CCN(S(=O)(=O)c3ccc(F)cc3)CC2)C1)N1CCN(C2CCCCCC2)CC1. The van der Waals surface area contributed by atoms with Crippen molar-refractivity contribution in [2.24, 2.45) is 5.16 Å². The van der Waals surface area contributed by atoms with E-state index in [1.807, 2.05) is 4.90 Å². The third-order valence-electron chi connectivity index (χ3n) is 8.11. The van der Waals surface area contributed by atoms with Crippen LogP contribution in [0.25, 0.3) is 0 Å². The molecule has 0 N–H and O–H groups in total. The van der Waals surface area contributed by atoms with Gasteiger partial charge >= 0.3 is 0 Å². The number of amides is 1. The highest BCUT2D eigenvalue weighted by Gasteiger charge is 2.46. The van der Waals surface area contributed by atoms with Gasteiger partial charge in [-0.2, -0.15) is 4.31 Å². The second-order valence-electron chi connectivity index (χ2n) is 10.3. The van der Waals surface area contributed by atoms with Gasteiger partial charge in [-0.05, 0) is 37.1 Å². The van der Waals surface area contributed by atoms with Crippen LogP contribution in [0, 0.1) is 5.82 Å². The zero-order chi connectivity index (χ0) is 24.5. The van der Waals surface area contributed by atoms with Crippen LogP contribution in [0.15, 0.2) is 34.3 Å². The van der Waals surface area contributed by atoms with Crippen molar-refractivity contribution >= 4 is 21.6 Å². The fourth-order valence-electron chi connectivity index (χ4n) is 5.89. The molecule has 192 valence electrons. The Balaban J connectivity index is 1.12. The average molecular weight is 507 g/mol. The van der Waals surface area contributed by atoms with E-state index in [9.17, 15) is 17.6 Å². The predicted molar refractivity (Wildman–Crippen MR) is 130 cm³/mol. The van der Waals surface area contributed by atoms with Gasteiger partial charge in [0.2, 0.25) is 10.0 Å². The topological polar surface area (TPSA) is 82.5 Å². The van der Waals surface area contributed by atoms with E-state index in [0.29, 0.717) is 44.1 Å². The molecule has 1 saturated carbocycles. The standard InChI is InChI=1S/C25H35FN4O4S/c26-20-7-9-22(10-8-20)35(32,33)30-13-11-25(12-14-30)19-23(27-34-25)24(31)29-17-15-28(16-18-29)21-5-3-1-2-4-6-21/h7-10,21H,1-6,11-19H2. The Morgan fingerprint density at radius 2 is 1.57 bits per heavy atom. The van der Waals surface area contributed by atoms with Crippen LogP contribution in [-0.4, -0.2) is 85.1 Å². The number of benzene rings is 1. The smallest absolute Gasteiger partial charge is 0.271 e. The zero-order valence-corrected chi connectivity index (χ0v) is 21.0. The number of carbonyl (C=O) groups excluding carboxylic acids is 1. The minimum absolute atomic E-state index is 0.0521. The van der Waals surface area contributed by atoms with Crippen molar-refractivity contribution in [3.63, 3.8) is 0 Å². The van der Waals surface area contributed by atoms with Gasteiger partial charge in [-0.25, -0.2) is 12.8 Å². The molecule has 0 bridgehead atoms. The van der Waals surface area contributed by atoms with E-state index in [4.69, 9.17) is 4.84 Å². The zero-order valence-electron chi connectivity index (χ0n) is 20.2. The number of piperidine rings is 1. The molecule has 1 aliphatic carbocycles. The van der Waals surface area contributed by atoms with Gasteiger partial charge in [0.1, 0.15) is 17.1 Å². The van der Waals surface area contributed by atoms with E-state index in [1.165, 1.54) is 55.0 Å². The minimum Gasteiger partial charge on any atom is -0.388 e. The molecule has 5 rings (SSSR count). The van der Waals surface area contributed by atoms with Crippen molar-refractivity contribution in [3.05, 3.63) is 30.1 Å². The van der Waals surface area contributed by atoms with Gasteiger partial charge in [-0.15, -0.1) is 0 Å². The van der Waals surface area contributed by atoms with E-state index in [0.717, 1.165) is 25.2 Å². The molecule has 1 aromatic carbocycles. The Bertz CT molecular complexity index is 1040. The first-order valence-corrected chi connectivity index (χ1v) is 14.3. The largest absolute Gasteiger partial charge is 0.388 e. The van der Waals surface area contributed by atoms with Crippen molar-refractivity contribution in [1.82, 2.24) is 14.1 Å². The normalized spacial score (nSPS) is 24.7. The monoisotopic (exact) mass is 506 g/mol. The highest BCUT2D eigenvalue weighted by Crippen LogP contribution is 2.36. The molecule has 0 atom stereocenters. The van der Waals surface area contributed by atoms with Gasteiger partial charge in [0.15, 0.2) is 0 Å². The molecule has 1 amide bonds. The Morgan fingerprint density at radius 3 is 2.20 bits per heavy atom. The average Bonchev–Trinajstić information content (AvgIpc) is 3.09. The molecule has 4 aliphatic rings. The summed E-state index contributed by atoms with van der Waals surface area (Å²) in [6.07, 6.45) is 9.17. The maximum absolute atomic E-state index is 13.2. The molecule has 1 spiro atoms. The van der Waals surface area contributed by atoms with Crippen LogP contribution in [0.2, 0.25) is 0 Å². The molecule has 3 aliphatic heterocycles. The number of halogens is 1. The van der Waals surface area contributed by atoms with E-state index in [2.05, 4.69) is 10.1 Å². The van der Waals surface area contributed by atoms with Crippen LogP contribution >= 0.6 is 0 Å². The van der Waals surface area contributed by atoms with Crippen LogP contribution < -0.4 is 0 Å². The number of sulfonamides is 1.